The van der Waals surface area contributed by atoms with Crippen LogP contribution in [0.15, 0.2) is 29.4 Å². The van der Waals surface area contributed by atoms with Crippen molar-refractivity contribution in [1.29, 1.82) is 0 Å². The second kappa shape index (κ2) is 9.39. The van der Waals surface area contributed by atoms with E-state index in [1.165, 1.54) is 0 Å². The highest BCUT2D eigenvalue weighted by Gasteiger charge is 2.24. The largest absolute Gasteiger partial charge is 0.466 e. The Morgan fingerprint density at radius 1 is 1.44 bits per heavy atom. The summed E-state index contributed by atoms with van der Waals surface area (Å²) >= 11 is 0. The Balaban J connectivity index is 1.89. The van der Waals surface area contributed by atoms with Crippen LogP contribution in [0.3, 0.4) is 0 Å². The second-order valence-corrected chi connectivity index (χ2v) is 6.40. The van der Waals surface area contributed by atoms with Crippen LogP contribution >= 0.6 is 0 Å². The molecule has 1 saturated heterocycles. The number of amidine groups is 1. The van der Waals surface area contributed by atoms with Crippen molar-refractivity contribution >= 4 is 11.8 Å². The van der Waals surface area contributed by atoms with E-state index in [0.717, 1.165) is 31.5 Å². The molecule has 0 saturated carbocycles. The van der Waals surface area contributed by atoms with Gasteiger partial charge in [-0.15, -0.1) is 0 Å². The van der Waals surface area contributed by atoms with Crippen LogP contribution in [0.4, 0.5) is 0 Å². The molecule has 0 aliphatic carbocycles. The summed E-state index contributed by atoms with van der Waals surface area (Å²) in [4.78, 5) is 13.8. The standard InChI is InChI=1S/C18H27N3O4/c1-2-25-17(23)10-13-4-3-9-21(11-13)12-16(22)14-5-7-15(8-6-14)18(19)20-24/h5-8,13,16,22,24H,2-4,9-12H2,1H3,(H2,19,20)/t13-,16-/m0/s1. The fourth-order valence-electron chi connectivity index (χ4n) is 3.22. The van der Waals surface area contributed by atoms with Gasteiger partial charge in [0.25, 0.3) is 0 Å². The molecule has 1 fully saturated rings. The normalized spacial score (nSPS) is 20.2. The summed E-state index contributed by atoms with van der Waals surface area (Å²) in [5.74, 6) is 0.176. The zero-order valence-electron chi connectivity index (χ0n) is 14.6. The molecule has 1 aliphatic rings. The van der Waals surface area contributed by atoms with Gasteiger partial charge in [0, 0.05) is 25.1 Å². The number of piperidine rings is 1. The number of nitrogens with zero attached hydrogens (tertiary/aromatic N) is 2. The summed E-state index contributed by atoms with van der Waals surface area (Å²) in [6.45, 7) is 4.45. The van der Waals surface area contributed by atoms with E-state index in [2.05, 4.69) is 10.1 Å². The highest BCUT2D eigenvalue weighted by molar-refractivity contribution is 5.96. The summed E-state index contributed by atoms with van der Waals surface area (Å²) in [6, 6.07) is 6.98. The number of nitrogens with two attached hydrogens (primary N) is 1. The molecule has 138 valence electrons. The maximum absolute atomic E-state index is 11.6. The molecule has 0 bridgehead atoms. The van der Waals surface area contributed by atoms with Gasteiger partial charge in [0.1, 0.15) is 0 Å². The summed E-state index contributed by atoms with van der Waals surface area (Å²) in [6.07, 6.45) is 1.84. The highest BCUT2D eigenvalue weighted by Crippen LogP contribution is 2.23. The molecule has 1 aromatic carbocycles. The van der Waals surface area contributed by atoms with Crippen LogP contribution in [0.5, 0.6) is 0 Å². The maximum atomic E-state index is 11.6. The van der Waals surface area contributed by atoms with Gasteiger partial charge in [0.15, 0.2) is 5.84 Å². The molecule has 7 nitrogen and oxygen atoms in total. The van der Waals surface area contributed by atoms with Crippen LogP contribution in [0.25, 0.3) is 0 Å². The smallest absolute Gasteiger partial charge is 0.306 e. The lowest BCUT2D eigenvalue weighted by molar-refractivity contribution is -0.144. The first-order chi connectivity index (χ1) is 12.0. The minimum Gasteiger partial charge on any atom is -0.466 e. The Morgan fingerprint density at radius 2 is 2.16 bits per heavy atom. The predicted octanol–water partition coefficient (Wildman–Crippen LogP) is 1.48. The number of aliphatic hydroxyl groups is 1. The molecule has 2 atom stereocenters. The summed E-state index contributed by atoms with van der Waals surface area (Å²) in [5.41, 5.74) is 6.92. The van der Waals surface area contributed by atoms with Gasteiger partial charge in [-0.1, -0.05) is 29.4 Å². The van der Waals surface area contributed by atoms with Gasteiger partial charge in [0.05, 0.1) is 12.7 Å². The van der Waals surface area contributed by atoms with Gasteiger partial charge in [-0.25, -0.2) is 0 Å². The topological polar surface area (TPSA) is 108 Å². The van der Waals surface area contributed by atoms with Crippen molar-refractivity contribution in [3.8, 4) is 0 Å². The van der Waals surface area contributed by atoms with Gasteiger partial charge in [-0.05, 0) is 37.8 Å². The van der Waals surface area contributed by atoms with Crippen LogP contribution in [-0.2, 0) is 9.53 Å². The third-order valence-electron chi connectivity index (χ3n) is 4.49. The first-order valence-corrected chi connectivity index (χ1v) is 8.67. The molecule has 0 unspecified atom stereocenters. The molecule has 0 amide bonds. The molecule has 0 radical (unpaired) electrons. The van der Waals surface area contributed by atoms with Crippen molar-refractivity contribution in [3.63, 3.8) is 0 Å². The molecule has 1 aromatic rings. The van der Waals surface area contributed by atoms with Crippen molar-refractivity contribution in [2.45, 2.75) is 32.3 Å². The number of carbonyl (C=O) groups is 1. The maximum Gasteiger partial charge on any atom is 0.306 e. The van der Waals surface area contributed by atoms with Crippen LogP contribution in [0, 0.1) is 5.92 Å². The number of β-amino-alcohol motifs (C(OH)–C–C–N with tert-alkyl or cyclic N) is 1. The van der Waals surface area contributed by atoms with E-state index >= 15 is 0 Å². The van der Waals surface area contributed by atoms with Gasteiger partial charge < -0.3 is 25.7 Å². The quantitative estimate of drug-likeness (QED) is 0.226. The lowest BCUT2D eigenvalue weighted by Gasteiger charge is -2.33. The summed E-state index contributed by atoms with van der Waals surface area (Å²) < 4.78 is 5.03. The zero-order chi connectivity index (χ0) is 18.2. The molecular weight excluding hydrogens is 322 g/mol. The van der Waals surface area contributed by atoms with E-state index in [1.807, 2.05) is 6.92 Å². The average molecular weight is 349 g/mol. The van der Waals surface area contributed by atoms with Crippen LogP contribution in [-0.4, -0.2) is 53.3 Å². The predicted molar refractivity (Wildman–Crippen MR) is 94.3 cm³/mol. The first-order valence-electron chi connectivity index (χ1n) is 8.67. The summed E-state index contributed by atoms with van der Waals surface area (Å²) in [7, 11) is 0. The van der Waals surface area contributed by atoms with E-state index in [0.29, 0.717) is 25.1 Å². The van der Waals surface area contributed by atoms with Crippen LogP contribution < -0.4 is 5.73 Å². The van der Waals surface area contributed by atoms with Crippen molar-refractivity contribution in [3.05, 3.63) is 35.4 Å². The fraction of sp³-hybridized carbons (Fsp3) is 0.556. The number of ether oxygens (including phenoxy) is 1. The Hall–Kier alpha value is -2.12. The number of oxime groups is 1. The Labute approximate surface area is 148 Å². The second-order valence-electron chi connectivity index (χ2n) is 6.40. The number of likely N-dealkylation sites (tertiary alicyclic amines) is 1. The monoisotopic (exact) mass is 349 g/mol. The van der Waals surface area contributed by atoms with E-state index in [9.17, 15) is 9.90 Å². The number of hydrogen-bond donors (Lipinski definition) is 3. The van der Waals surface area contributed by atoms with Crippen LogP contribution in [0.2, 0.25) is 0 Å². The van der Waals surface area contributed by atoms with Crippen molar-refractivity contribution in [2.75, 3.05) is 26.2 Å². The van der Waals surface area contributed by atoms with E-state index in [1.54, 1.807) is 24.3 Å². The molecule has 25 heavy (non-hydrogen) atoms. The molecule has 1 aliphatic heterocycles. The van der Waals surface area contributed by atoms with Crippen molar-refractivity contribution in [1.82, 2.24) is 4.90 Å². The van der Waals surface area contributed by atoms with E-state index in [-0.39, 0.29) is 17.7 Å². The molecule has 7 heteroatoms. The van der Waals surface area contributed by atoms with E-state index in [4.69, 9.17) is 15.7 Å². The Morgan fingerprint density at radius 3 is 2.80 bits per heavy atom. The van der Waals surface area contributed by atoms with E-state index < -0.39 is 6.10 Å². The van der Waals surface area contributed by atoms with Crippen molar-refractivity contribution < 1.29 is 19.8 Å². The number of benzene rings is 1. The minimum atomic E-state index is -0.623. The molecule has 0 spiro atoms. The van der Waals surface area contributed by atoms with Crippen LogP contribution in [0.1, 0.15) is 43.4 Å². The van der Waals surface area contributed by atoms with Crippen molar-refractivity contribution in [2.24, 2.45) is 16.8 Å². The number of esters is 1. The number of aliphatic hydroxyl groups excluding tert-OH is 1. The number of rotatable bonds is 7. The molecular formula is C18H27N3O4. The average Bonchev–Trinajstić information content (AvgIpc) is 2.61. The number of carbonyl (C=O) groups excluding carboxylic acids is 1. The lowest BCUT2D eigenvalue weighted by Crippen LogP contribution is -2.38. The zero-order valence-corrected chi connectivity index (χ0v) is 14.6. The summed E-state index contributed by atoms with van der Waals surface area (Å²) in [5, 5.41) is 22.1. The first kappa shape index (κ1) is 19.2. The Bertz CT molecular complexity index is 588. The van der Waals surface area contributed by atoms with Gasteiger partial charge in [-0.3, -0.25) is 4.79 Å². The van der Waals surface area contributed by atoms with Gasteiger partial charge in [-0.2, -0.15) is 0 Å². The molecule has 0 aromatic heterocycles. The minimum absolute atomic E-state index is 0.0406. The Kier molecular flexibility index (Phi) is 7.21. The van der Waals surface area contributed by atoms with Gasteiger partial charge >= 0.3 is 5.97 Å². The molecule has 4 N–H and O–H groups in total. The fourth-order valence-corrected chi connectivity index (χ4v) is 3.22. The SMILES string of the molecule is CCOC(=O)C[C@@H]1CCCN(C[C@H](O)c2ccc(/C(N)=N/O)cc2)C1. The highest BCUT2D eigenvalue weighted by atomic mass is 16.5. The molecule has 1 heterocycles. The molecule has 2 rings (SSSR count). The third-order valence-corrected chi connectivity index (χ3v) is 4.49. The lowest BCUT2D eigenvalue weighted by atomic mass is 9.94. The third kappa shape index (κ3) is 5.72. The van der Waals surface area contributed by atoms with Gasteiger partial charge in [0.2, 0.25) is 0 Å². The number of hydrogen-bond acceptors (Lipinski definition) is 6.